The molecule has 0 radical (unpaired) electrons. The summed E-state index contributed by atoms with van der Waals surface area (Å²) in [6.07, 6.45) is -6.19. The molecule has 0 bridgehead atoms. The molecule has 0 fully saturated rings. The van der Waals surface area contributed by atoms with Gasteiger partial charge in [0.1, 0.15) is 5.75 Å². The van der Waals surface area contributed by atoms with Crippen molar-refractivity contribution in [3.05, 3.63) is 34.9 Å². The average molecular weight is 258 g/mol. The standard InChI is InChI=1S/C12H9F3O3/c1-6-2-3-7-5-8(11(16)17)10(12(13,14)15)18-9(7)4-6/h2-5,10H,1H3,(H,16,17)/t10-/m0/s1. The Kier molecular flexibility index (Phi) is 2.80. The fourth-order valence-corrected chi connectivity index (χ4v) is 1.71. The zero-order chi connectivity index (χ0) is 13.5. The van der Waals surface area contributed by atoms with E-state index in [-0.39, 0.29) is 5.75 Å². The minimum Gasteiger partial charge on any atom is -0.478 e. The van der Waals surface area contributed by atoms with Crippen molar-refractivity contribution in [1.82, 2.24) is 0 Å². The monoisotopic (exact) mass is 258 g/mol. The van der Waals surface area contributed by atoms with Crippen LogP contribution in [0.15, 0.2) is 23.8 Å². The average Bonchev–Trinajstić information content (AvgIpc) is 2.25. The van der Waals surface area contributed by atoms with Gasteiger partial charge in [-0.25, -0.2) is 4.79 Å². The van der Waals surface area contributed by atoms with Gasteiger partial charge >= 0.3 is 12.1 Å². The molecule has 0 saturated heterocycles. The van der Waals surface area contributed by atoms with Gasteiger partial charge in [0.15, 0.2) is 0 Å². The number of benzene rings is 1. The molecule has 1 N–H and O–H groups in total. The number of ether oxygens (including phenoxy) is 1. The highest BCUT2D eigenvalue weighted by Gasteiger charge is 2.48. The number of fused-ring (bicyclic) bond motifs is 1. The van der Waals surface area contributed by atoms with Gasteiger partial charge < -0.3 is 9.84 Å². The molecule has 1 atom stereocenters. The summed E-state index contributed by atoms with van der Waals surface area (Å²) in [5.41, 5.74) is 0.263. The first-order valence-electron chi connectivity index (χ1n) is 5.08. The van der Waals surface area contributed by atoms with Gasteiger partial charge in [-0.05, 0) is 24.6 Å². The lowest BCUT2D eigenvalue weighted by molar-refractivity contribution is -0.187. The number of halogens is 3. The highest BCUT2D eigenvalue weighted by atomic mass is 19.4. The highest BCUT2D eigenvalue weighted by molar-refractivity contribution is 5.95. The van der Waals surface area contributed by atoms with Gasteiger partial charge in [0.25, 0.3) is 0 Å². The molecule has 1 aromatic rings. The topological polar surface area (TPSA) is 46.5 Å². The van der Waals surface area contributed by atoms with E-state index in [2.05, 4.69) is 0 Å². The van der Waals surface area contributed by atoms with Crippen molar-refractivity contribution in [3.63, 3.8) is 0 Å². The van der Waals surface area contributed by atoms with Crippen molar-refractivity contribution in [3.8, 4) is 5.75 Å². The third kappa shape index (κ3) is 2.18. The third-order valence-electron chi connectivity index (χ3n) is 2.55. The van der Waals surface area contributed by atoms with Gasteiger partial charge in [-0.3, -0.25) is 0 Å². The van der Waals surface area contributed by atoms with Gasteiger partial charge in [-0.15, -0.1) is 0 Å². The van der Waals surface area contributed by atoms with E-state index in [1.807, 2.05) is 0 Å². The number of aryl methyl sites for hydroxylation is 1. The van der Waals surface area contributed by atoms with Crippen molar-refractivity contribution in [2.24, 2.45) is 0 Å². The van der Waals surface area contributed by atoms with E-state index in [0.29, 0.717) is 5.56 Å². The van der Waals surface area contributed by atoms with Crippen LogP contribution in [-0.4, -0.2) is 23.4 Å². The van der Waals surface area contributed by atoms with Gasteiger partial charge in [-0.1, -0.05) is 12.1 Å². The number of carbonyl (C=O) groups is 1. The summed E-state index contributed by atoms with van der Waals surface area (Å²) in [4.78, 5) is 10.8. The number of aliphatic carboxylic acids is 1. The molecule has 96 valence electrons. The predicted molar refractivity (Wildman–Crippen MR) is 57.3 cm³/mol. The van der Waals surface area contributed by atoms with Crippen LogP contribution in [0.2, 0.25) is 0 Å². The van der Waals surface area contributed by atoms with E-state index in [9.17, 15) is 18.0 Å². The van der Waals surface area contributed by atoms with E-state index in [1.54, 1.807) is 13.0 Å². The molecule has 3 nitrogen and oxygen atoms in total. The van der Waals surface area contributed by atoms with Crippen molar-refractivity contribution < 1.29 is 27.8 Å². The largest absolute Gasteiger partial charge is 0.478 e. The Balaban J connectivity index is 2.53. The number of hydrogen-bond donors (Lipinski definition) is 1. The fraction of sp³-hybridized carbons (Fsp3) is 0.250. The minimum absolute atomic E-state index is 0.0438. The summed E-state index contributed by atoms with van der Waals surface area (Å²) in [6, 6.07) is 4.65. The van der Waals surface area contributed by atoms with E-state index in [4.69, 9.17) is 9.84 Å². The molecular formula is C12H9F3O3. The number of alkyl halides is 3. The first-order chi connectivity index (χ1) is 8.29. The lowest BCUT2D eigenvalue weighted by atomic mass is 10.0. The summed E-state index contributed by atoms with van der Waals surface area (Å²) >= 11 is 0. The maximum absolute atomic E-state index is 12.7. The molecule has 2 rings (SSSR count). The second-order valence-electron chi connectivity index (χ2n) is 3.99. The van der Waals surface area contributed by atoms with Gasteiger partial charge in [0, 0.05) is 5.56 Å². The molecule has 0 saturated carbocycles. The van der Waals surface area contributed by atoms with Crippen molar-refractivity contribution in [1.29, 1.82) is 0 Å². The van der Waals surface area contributed by atoms with Crippen molar-refractivity contribution in [2.45, 2.75) is 19.2 Å². The zero-order valence-electron chi connectivity index (χ0n) is 9.28. The van der Waals surface area contributed by atoms with Crippen LogP contribution >= 0.6 is 0 Å². The van der Waals surface area contributed by atoms with Crippen LogP contribution in [0.5, 0.6) is 5.75 Å². The molecular weight excluding hydrogens is 249 g/mol. The van der Waals surface area contributed by atoms with Crippen LogP contribution in [0, 0.1) is 6.92 Å². The van der Waals surface area contributed by atoms with Crippen LogP contribution in [-0.2, 0) is 4.79 Å². The van der Waals surface area contributed by atoms with Crippen molar-refractivity contribution in [2.75, 3.05) is 0 Å². The van der Waals surface area contributed by atoms with Crippen molar-refractivity contribution >= 4 is 12.0 Å². The summed E-state index contributed by atoms with van der Waals surface area (Å²) in [5, 5.41) is 8.80. The fourth-order valence-electron chi connectivity index (χ4n) is 1.71. The Bertz CT molecular complexity index is 532. The van der Waals surface area contributed by atoms with Crippen LogP contribution in [0.25, 0.3) is 6.08 Å². The number of carboxylic acid groups (broad SMARTS) is 1. The van der Waals surface area contributed by atoms with Crippen LogP contribution in [0.1, 0.15) is 11.1 Å². The first-order valence-corrected chi connectivity index (χ1v) is 5.08. The molecule has 6 heteroatoms. The maximum atomic E-state index is 12.7. The molecule has 1 aliphatic heterocycles. The lowest BCUT2D eigenvalue weighted by Gasteiger charge is -2.27. The summed E-state index contributed by atoms with van der Waals surface area (Å²) in [6.45, 7) is 1.71. The van der Waals surface area contributed by atoms with E-state index in [1.165, 1.54) is 12.1 Å². The number of rotatable bonds is 1. The zero-order valence-corrected chi connectivity index (χ0v) is 9.28. The maximum Gasteiger partial charge on any atom is 0.430 e. The first kappa shape index (κ1) is 12.5. The van der Waals surface area contributed by atoms with Crippen LogP contribution in [0.4, 0.5) is 13.2 Å². The predicted octanol–water partition coefficient (Wildman–Crippen LogP) is 2.79. The molecule has 0 aliphatic carbocycles. The Morgan fingerprint density at radius 2 is 2.06 bits per heavy atom. The number of hydrogen-bond acceptors (Lipinski definition) is 2. The second-order valence-corrected chi connectivity index (χ2v) is 3.99. The Hall–Kier alpha value is -1.98. The smallest absolute Gasteiger partial charge is 0.430 e. The Labute approximate surface area is 100 Å². The van der Waals surface area contributed by atoms with Gasteiger partial charge in [0.2, 0.25) is 6.10 Å². The molecule has 0 aromatic heterocycles. The molecule has 0 amide bonds. The SMILES string of the molecule is Cc1ccc2c(c1)O[C@H](C(F)(F)F)C(C(=O)O)=C2. The number of carboxylic acids is 1. The van der Waals surface area contributed by atoms with E-state index in [0.717, 1.165) is 11.6 Å². The Morgan fingerprint density at radius 1 is 1.39 bits per heavy atom. The third-order valence-corrected chi connectivity index (χ3v) is 2.55. The van der Waals surface area contributed by atoms with Crippen LogP contribution < -0.4 is 4.74 Å². The van der Waals surface area contributed by atoms with Crippen LogP contribution in [0.3, 0.4) is 0 Å². The second kappa shape index (κ2) is 4.04. The summed E-state index contributed by atoms with van der Waals surface area (Å²) < 4.78 is 42.9. The quantitative estimate of drug-likeness (QED) is 0.842. The molecule has 0 spiro atoms. The molecule has 1 aliphatic rings. The lowest BCUT2D eigenvalue weighted by Crippen LogP contribution is -2.40. The molecule has 18 heavy (non-hydrogen) atoms. The normalized spacial score (nSPS) is 18.7. The van der Waals surface area contributed by atoms with E-state index < -0.39 is 23.8 Å². The minimum atomic E-state index is -4.76. The highest BCUT2D eigenvalue weighted by Crippen LogP contribution is 2.37. The molecule has 0 unspecified atom stereocenters. The summed E-state index contributed by atoms with van der Waals surface area (Å²) in [5.74, 6) is -1.59. The van der Waals surface area contributed by atoms with Gasteiger partial charge in [0.05, 0.1) is 5.57 Å². The molecule has 1 heterocycles. The molecule has 1 aromatic carbocycles. The Morgan fingerprint density at radius 3 is 2.61 bits per heavy atom. The summed E-state index contributed by atoms with van der Waals surface area (Å²) in [7, 11) is 0. The van der Waals surface area contributed by atoms with Gasteiger partial charge in [-0.2, -0.15) is 13.2 Å². The van der Waals surface area contributed by atoms with E-state index >= 15 is 0 Å².